The minimum atomic E-state index is -3.21. The van der Waals surface area contributed by atoms with Crippen LogP contribution in [0.25, 0.3) is 0 Å². The highest BCUT2D eigenvalue weighted by atomic mass is 127. The Bertz CT molecular complexity index is 843. The molecule has 0 aromatic heterocycles. The normalized spacial score (nSPS) is 11.7. The Morgan fingerprint density at radius 3 is 2.50 bits per heavy atom. The summed E-state index contributed by atoms with van der Waals surface area (Å²) in [6.45, 7) is 0.742. The first-order valence-electron chi connectivity index (χ1n) is 7.86. The third kappa shape index (κ3) is 8.13. The molecule has 0 radical (unpaired) electrons. The zero-order chi connectivity index (χ0) is 18.3. The summed E-state index contributed by atoms with van der Waals surface area (Å²) >= 11 is 0. The highest BCUT2D eigenvalue weighted by Gasteiger charge is 2.10. The fourth-order valence-corrected chi connectivity index (χ4v) is 3.22. The zero-order valence-electron chi connectivity index (χ0n) is 14.5. The number of hydrogen-bond acceptors (Lipinski definition) is 3. The van der Waals surface area contributed by atoms with Crippen LogP contribution in [-0.4, -0.2) is 27.2 Å². The first-order chi connectivity index (χ1) is 11.8. The highest BCUT2D eigenvalue weighted by molar-refractivity contribution is 14.0. The van der Waals surface area contributed by atoms with Crippen LogP contribution in [0.2, 0.25) is 0 Å². The number of nitrogens with zero attached hydrogens (tertiary/aromatic N) is 1. The van der Waals surface area contributed by atoms with Crippen LogP contribution in [0, 0.1) is 5.82 Å². The van der Waals surface area contributed by atoms with Crippen molar-refractivity contribution in [3.05, 3.63) is 71.0 Å². The topological polar surface area (TPSA) is 84.5 Å². The number of nitrogens with two attached hydrogens (primary N) is 1. The van der Waals surface area contributed by atoms with E-state index >= 15 is 0 Å². The molecule has 0 atom stereocenters. The molecular weight excluding hydrogens is 468 g/mol. The third-order valence-corrected chi connectivity index (χ3v) is 4.40. The maximum Gasteiger partial charge on any atom is 0.188 e. The summed E-state index contributed by atoms with van der Waals surface area (Å²) in [6, 6.07) is 14.0. The average Bonchev–Trinajstić information content (AvgIpc) is 2.55. The van der Waals surface area contributed by atoms with Crippen LogP contribution in [0.15, 0.2) is 53.5 Å². The van der Waals surface area contributed by atoms with Gasteiger partial charge >= 0.3 is 0 Å². The lowest BCUT2D eigenvalue weighted by molar-refractivity contribution is 0.600. The Morgan fingerprint density at radius 2 is 1.85 bits per heavy atom. The van der Waals surface area contributed by atoms with E-state index in [4.69, 9.17) is 5.73 Å². The lowest BCUT2D eigenvalue weighted by atomic mass is 10.1. The van der Waals surface area contributed by atoms with E-state index in [0.717, 1.165) is 12.7 Å². The van der Waals surface area contributed by atoms with Gasteiger partial charge in [0, 0.05) is 12.8 Å². The van der Waals surface area contributed by atoms with Gasteiger partial charge in [-0.2, -0.15) is 0 Å². The van der Waals surface area contributed by atoms with Crippen molar-refractivity contribution in [1.29, 1.82) is 0 Å². The fourth-order valence-electron chi connectivity index (χ4n) is 2.37. The second-order valence-electron chi connectivity index (χ2n) is 5.85. The smallest absolute Gasteiger partial charge is 0.188 e. The summed E-state index contributed by atoms with van der Waals surface area (Å²) in [5, 5.41) is 3.00. The number of rotatable bonds is 7. The van der Waals surface area contributed by atoms with Crippen LogP contribution in [0.1, 0.15) is 16.7 Å². The van der Waals surface area contributed by atoms with Crippen molar-refractivity contribution < 1.29 is 12.8 Å². The van der Waals surface area contributed by atoms with Crippen LogP contribution < -0.4 is 11.1 Å². The van der Waals surface area contributed by atoms with Gasteiger partial charge in [0.25, 0.3) is 0 Å². The maximum atomic E-state index is 13.5. The van der Waals surface area contributed by atoms with Gasteiger partial charge in [-0.15, -0.1) is 24.0 Å². The standard InChI is InChI=1S/C18H22FN3O2S.HI/c1-25(23,24)13-15-7-8-17(19)11-16(15)12-22-18(20)21-10-9-14-5-3-2-4-6-14;/h2-8,11H,9-10,12-13H2,1H3,(H3,20,21,22);1H. The summed E-state index contributed by atoms with van der Waals surface area (Å²) in [5.41, 5.74) is 8.06. The Hall–Kier alpha value is -1.68. The fraction of sp³-hybridized carbons (Fsp3) is 0.278. The molecule has 0 aliphatic rings. The number of benzene rings is 2. The second kappa shape index (κ2) is 10.5. The van der Waals surface area contributed by atoms with Gasteiger partial charge in [-0.25, -0.2) is 17.8 Å². The van der Waals surface area contributed by atoms with E-state index < -0.39 is 15.7 Å². The van der Waals surface area contributed by atoms with E-state index in [1.165, 1.54) is 23.8 Å². The molecule has 0 aliphatic carbocycles. The predicted octanol–water partition coefficient (Wildman–Crippen LogP) is 2.64. The third-order valence-electron chi connectivity index (χ3n) is 3.57. The SMILES string of the molecule is CS(=O)(=O)Cc1ccc(F)cc1CN=C(N)NCCc1ccccc1.I. The minimum Gasteiger partial charge on any atom is -0.370 e. The second-order valence-corrected chi connectivity index (χ2v) is 7.99. The van der Waals surface area contributed by atoms with Crippen LogP contribution in [0.5, 0.6) is 0 Å². The summed E-state index contributed by atoms with van der Waals surface area (Å²) < 4.78 is 36.4. The number of nitrogens with one attached hydrogen (secondary N) is 1. The van der Waals surface area contributed by atoms with E-state index in [9.17, 15) is 12.8 Å². The van der Waals surface area contributed by atoms with Crippen molar-refractivity contribution in [3.63, 3.8) is 0 Å². The molecule has 8 heteroatoms. The Labute approximate surface area is 170 Å². The van der Waals surface area contributed by atoms with Crippen LogP contribution in [0.4, 0.5) is 4.39 Å². The molecule has 0 saturated carbocycles. The molecule has 2 rings (SSSR count). The molecule has 142 valence electrons. The molecule has 0 unspecified atom stereocenters. The van der Waals surface area contributed by atoms with Crippen molar-refractivity contribution >= 4 is 39.8 Å². The Kier molecular flexibility index (Phi) is 9.00. The van der Waals surface area contributed by atoms with Gasteiger partial charge in [-0.3, -0.25) is 0 Å². The van der Waals surface area contributed by atoms with E-state index in [-0.39, 0.29) is 42.2 Å². The van der Waals surface area contributed by atoms with Crippen molar-refractivity contribution in [2.75, 3.05) is 12.8 Å². The zero-order valence-corrected chi connectivity index (χ0v) is 17.6. The van der Waals surface area contributed by atoms with Crippen molar-refractivity contribution in [1.82, 2.24) is 5.32 Å². The quantitative estimate of drug-likeness (QED) is 0.355. The van der Waals surface area contributed by atoms with Gasteiger partial charge in [0.05, 0.1) is 12.3 Å². The van der Waals surface area contributed by atoms with Gasteiger partial charge in [0.1, 0.15) is 5.82 Å². The lowest BCUT2D eigenvalue weighted by Gasteiger charge is -2.09. The highest BCUT2D eigenvalue weighted by Crippen LogP contribution is 2.15. The molecule has 2 aromatic rings. The van der Waals surface area contributed by atoms with E-state index in [1.807, 2.05) is 30.3 Å². The van der Waals surface area contributed by atoms with Gasteiger partial charge in [0.2, 0.25) is 0 Å². The molecule has 0 aliphatic heterocycles. The average molecular weight is 491 g/mol. The largest absolute Gasteiger partial charge is 0.370 e. The Balaban J connectivity index is 0.00000338. The molecule has 0 bridgehead atoms. The van der Waals surface area contributed by atoms with Crippen molar-refractivity contribution in [2.24, 2.45) is 10.7 Å². The molecule has 5 nitrogen and oxygen atoms in total. The number of guanidine groups is 1. The molecule has 0 spiro atoms. The summed E-state index contributed by atoms with van der Waals surface area (Å²) in [6.07, 6.45) is 1.94. The minimum absolute atomic E-state index is 0. The summed E-state index contributed by atoms with van der Waals surface area (Å²) in [7, 11) is -3.21. The van der Waals surface area contributed by atoms with E-state index in [1.54, 1.807) is 0 Å². The first kappa shape index (κ1) is 22.4. The van der Waals surface area contributed by atoms with Gasteiger partial charge in [0.15, 0.2) is 15.8 Å². The summed E-state index contributed by atoms with van der Waals surface area (Å²) in [4.78, 5) is 4.18. The van der Waals surface area contributed by atoms with Crippen molar-refractivity contribution in [3.8, 4) is 0 Å². The molecule has 2 aromatic carbocycles. The Morgan fingerprint density at radius 1 is 1.15 bits per heavy atom. The number of hydrogen-bond donors (Lipinski definition) is 2. The molecule has 0 saturated heterocycles. The van der Waals surface area contributed by atoms with E-state index in [0.29, 0.717) is 17.7 Å². The number of sulfone groups is 1. The van der Waals surface area contributed by atoms with Crippen LogP contribution in [-0.2, 0) is 28.6 Å². The van der Waals surface area contributed by atoms with Gasteiger partial charge < -0.3 is 11.1 Å². The van der Waals surface area contributed by atoms with Crippen LogP contribution >= 0.6 is 24.0 Å². The molecule has 26 heavy (non-hydrogen) atoms. The monoisotopic (exact) mass is 491 g/mol. The van der Waals surface area contributed by atoms with Crippen molar-refractivity contribution in [2.45, 2.75) is 18.7 Å². The van der Waals surface area contributed by atoms with Gasteiger partial charge in [-0.1, -0.05) is 36.4 Å². The van der Waals surface area contributed by atoms with Crippen LogP contribution in [0.3, 0.4) is 0 Å². The molecular formula is C18H23FIN3O2S. The number of halogens is 2. The first-order valence-corrected chi connectivity index (χ1v) is 9.92. The lowest BCUT2D eigenvalue weighted by Crippen LogP contribution is -2.33. The molecule has 0 fully saturated rings. The maximum absolute atomic E-state index is 13.5. The van der Waals surface area contributed by atoms with E-state index in [2.05, 4.69) is 10.3 Å². The summed E-state index contributed by atoms with van der Waals surface area (Å²) in [5.74, 6) is -0.344. The molecule has 0 heterocycles. The molecule has 0 amide bonds. The predicted molar refractivity (Wildman–Crippen MR) is 114 cm³/mol. The number of aliphatic imine (C=N–C) groups is 1. The molecule has 3 N–H and O–H groups in total. The van der Waals surface area contributed by atoms with Gasteiger partial charge in [-0.05, 0) is 35.2 Å².